The summed E-state index contributed by atoms with van der Waals surface area (Å²) in [5.41, 5.74) is -0.367. The summed E-state index contributed by atoms with van der Waals surface area (Å²) in [5, 5.41) is 21.6. The number of Topliss-reactive ketones (excluding diaryl/α,β-unsaturated/α-hetero) is 1. The number of aliphatic hydroxyl groups excluding tert-OH is 2. The first-order chi connectivity index (χ1) is 16.7. The van der Waals surface area contributed by atoms with Gasteiger partial charge in [-0.05, 0) is 75.5 Å². The summed E-state index contributed by atoms with van der Waals surface area (Å²) < 4.78 is 12.5. The Bertz CT molecular complexity index is 955. The number of ether oxygens (including phenoxy) is 2. The Labute approximate surface area is 216 Å². The van der Waals surface area contributed by atoms with Crippen molar-refractivity contribution in [2.24, 2.45) is 46.3 Å². The molecule has 0 aromatic carbocycles. The lowest BCUT2D eigenvalue weighted by Crippen LogP contribution is -2.65. The lowest BCUT2D eigenvalue weighted by Gasteiger charge is -2.60. The Balaban J connectivity index is 1.54. The predicted octanol–water partition coefficient (Wildman–Crippen LogP) is 4.46. The molecule has 0 amide bonds. The van der Waals surface area contributed by atoms with Crippen LogP contribution in [0.25, 0.3) is 0 Å². The van der Waals surface area contributed by atoms with Gasteiger partial charge in [0.25, 0.3) is 0 Å². The molecular formula is C30H46O6. The number of hydrogen-bond donors (Lipinski definition) is 2. The van der Waals surface area contributed by atoms with Crippen molar-refractivity contribution in [1.29, 1.82) is 0 Å². The van der Waals surface area contributed by atoms with Crippen LogP contribution in [0.4, 0.5) is 0 Å². The van der Waals surface area contributed by atoms with Gasteiger partial charge in [0.15, 0.2) is 11.9 Å². The van der Waals surface area contributed by atoms with Crippen molar-refractivity contribution >= 4 is 11.8 Å². The third-order valence-electron chi connectivity index (χ3n) is 11.8. The van der Waals surface area contributed by atoms with Crippen molar-refractivity contribution in [1.82, 2.24) is 0 Å². The summed E-state index contributed by atoms with van der Waals surface area (Å²) in [4.78, 5) is 26.9. The van der Waals surface area contributed by atoms with Crippen LogP contribution in [0.3, 0.4) is 0 Å². The molecule has 5 aliphatic rings. The number of carbonyl (C=O) groups excluding carboxylic acids is 2. The van der Waals surface area contributed by atoms with Gasteiger partial charge in [-0.1, -0.05) is 39.3 Å². The molecule has 0 bridgehead atoms. The number of hydrogen-bond acceptors (Lipinski definition) is 6. The Morgan fingerprint density at radius 3 is 2.47 bits per heavy atom. The van der Waals surface area contributed by atoms with Crippen molar-refractivity contribution in [3.63, 3.8) is 0 Å². The molecular weight excluding hydrogens is 456 g/mol. The first kappa shape index (κ1) is 26.4. The van der Waals surface area contributed by atoms with Crippen LogP contribution in [-0.4, -0.2) is 52.0 Å². The van der Waals surface area contributed by atoms with E-state index in [-0.39, 0.29) is 47.6 Å². The lowest BCUT2D eigenvalue weighted by atomic mass is 9.45. The molecule has 0 radical (unpaired) electrons. The van der Waals surface area contributed by atoms with Gasteiger partial charge in [-0.25, -0.2) is 0 Å². The molecule has 36 heavy (non-hydrogen) atoms. The molecule has 1 saturated heterocycles. The maximum absolute atomic E-state index is 14.5. The summed E-state index contributed by atoms with van der Waals surface area (Å²) in [6.45, 7) is 14.4. The van der Waals surface area contributed by atoms with Gasteiger partial charge >= 0.3 is 5.97 Å². The number of esters is 1. The van der Waals surface area contributed by atoms with E-state index in [1.165, 1.54) is 6.92 Å². The highest BCUT2D eigenvalue weighted by atomic mass is 16.5. The van der Waals surface area contributed by atoms with Crippen LogP contribution in [0.2, 0.25) is 0 Å². The molecule has 12 atom stereocenters. The Hall–Kier alpha value is -1.24. The van der Waals surface area contributed by atoms with Crippen molar-refractivity contribution < 1.29 is 29.3 Å². The summed E-state index contributed by atoms with van der Waals surface area (Å²) in [5.74, 6) is 0.375. The first-order valence-corrected chi connectivity index (χ1v) is 14.2. The van der Waals surface area contributed by atoms with Crippen LogP contribution in [-0.2, 0) is 19.1 Å². The lowest BCUT2D eigenvalue weighted by molar-refractivity contribution is -0.193. The Morgan fingerprint density at radius 2 is 1.86 bits per heavy atom. The minimum atomic E-state index is -0.821. The second-order valence-electron chi connectivity index (χ2n) is 13.8. The highest BCUT2D eigenvalue weighted by Gasteiger charge is 2.69. The Morgan fingerprint density at radius 1 is 1.17 bits per heavy atom. The van der Waals surface area contributed by atoms with Crippen LogP contribution in [0, 0.1) is 46.3 Å². The number of aliphatic hydroxyl groups is 2. The predicted molar refractivity (Wildman–Crippen MR) is 136 cm³/mol. The maximum Gasteiger partial charge on any atom is 0.303 e. The average molecular weight is 503 g/mol. The van der Waals surface area contributed by atoms with Crippen molar-refractivity contribution in [3.05, 3.63) is 11.6 Å². The highest BCUT2D eigenvalue weighted by Crippen LogP contribution is 2.67. The van der Waals surface area contributed by atoms with Crippen LogP contribution in [0.1, 0.15) is 87.0 Å². The van der Waals surface area contributed by atoms with Crippen molar-refractivity contribution in [2.45, 2.75) is 117 Å². The summed E-state index contributed by atoms with van der Waals surface area (Å²) in [7, 11) is 0. The molecule has 0 spiro atoms. The van der Waals surface area contributed by atoms with Gasteiger partial charge in [0.2, 0.25) is 0 Å². The van der Waals surface area contributed by atoms with E-state index in [9.17, 15) is 19.8 Å². The van der Waals surface area contributed by atoms with E-state index < -0.39 is 41.0 Å². The van der Waals surface area contributed by atoms with E-state index in [1.807, 2.05) is 6.92 Å². The van der Waals surface area contributed by atoms with Crippen molar-refractivity contribution in [3.8, 4) is 0 Å². The van der Waals surface area contributed by atoms with Crippen LogP contribution >= 0.6 is 0 Å². The molecule has 4 fully saturated rings. The van der Waals surface area contributed by atoms with E-state index in [1.54, 1.807) is 0 Å². The summed E-state index contributed by atoms with van der Waals surface area (Å²) in [6, 6.07) is 0. The molecule has 1 aliphatic heterocycles. The normalized spacial score (nSPS) is 50.5. The molecule has 0 aromatic heterocycles. The third kappa shape index (κ3) is 3.60. The monoisotopic (exact) mass is 502 g/mol. The zero-order valence-electron chi connectivity index (χ0n) is 23.1. The number of rotatable bonds is 3. The third-order valence-corrected chi connectivity index (χ3v) is 11.8. The van der Waals surface area contributed by atoms with E-state index in [0.717, 1.165) is 31.3 Å². The standard InChI is InChI=1S/C30H46O6/c1-15-12-23(36-28(15,4)5)16(2)21-10-11-22-20-9-8-18-13-19(32)14-24(33)29(18,6)25(20)26(34)27(30(21,22)7)35-17(3)31/h8,15-16,19-25,27,32-33H,9-14H2,1-7H3/t15?,16?,19-,20?,21?,22?,23?,24-,25?,27-,29?,30?/m1/s1. The summed E-state index contributed by atoms with van der Waals surface area (Å²) in [6.07, 6.45) is 4.65. The van der Waals surface area contributed by atoms with Gasteiger partial charge in [-0.15, -0.1) is 0 Å². The molecule has 6 nitrogen and oxygen atoms in total. The molecule has 2 N–H and O–H groups in total. The first-order valence-electron chi connectivity index (χ1n) is 14.2. The highest BCUT2D eigenvalue weighted by molar-refractivity contribution is 5.91. The zero-order valence-corrected chi connectivity index (χ0v) is 23.1. The topological polar surface area (TPSA) is 93.1 Å². The molecule has 6 heteroatoms. The fourth-order valence-corrected chi connectivity index (χ4v) is 9.48. The number of ketones is 1. The fourth-order valence-electron chi connectivity index (χ4n) is 9.48. The molecule has 1 heterocycles. The molecule has 4 aliphatic carbocycles. The van der Waals surface area contributed by atoms with E-state index in [2.05, 4.69) is 40.7 Å². The maximum atomic E-state index is 14.5. The van der Waals surface area contributed by atoms with Gasteiger partial charge in [0.1, 0.15) is 0 Å². The quantitative estimate of drug-likeness (QED) is 0.437. The second-order valence-corrected chi connectivity index (χ2v) is 13.8. The van der Waals surface area contributed by atoms with Gasteiger partial charge in [0.05, 0.1) is 23.9 Å². The largest absolute Gasteiger partial charge is 0.454 e. The van der Waals surface area contributed by atoms with E-state index in [4.69, 9.17) is 9.47 Å². The summed E-state index contributed by atoms with van der Waals surface area (Å²) >= 11 is 0. The molecule has 3 saturated carbocycles. The minimum absolute atomic E-state index is 0.0300. The van der Waals surface area contributed by atoms with Gasteiger partial charge in [0, 0.05) is 30.1 Å². The van der Waals surface area contributed by atoms with E-state index >= 15 is 0 Å². The molecule has 5 rings (SSSR count). The minimum Gasteiger partial charge on any atom is -0.454 e. The van der Waals surface area contributed by atoms with Crippen LogP contribution < -0.4 is 0 Å². The average Bonchev–Trinajstić information content (AvgIpc) is 3.27. The second kappa shape index (κ2) is 8.64. The van der Waals surface area contributed by atoms with Gasteiger partial charge in [-0.2, -0.15) is 0 Å². The number of allylic oxidation sites excluding steroid dienone is 1. The molecule has 202 valence electrons. The zero-order chi connectivity index (χ0) is 26.4. The van der Waals surface area contributed by atoms with Crippen LogP contribution in [0.15, 0.2) is 11.6 Å². The SMILES string of the molecule is CC(=O)O[C@@H]1C(=O)C2C(CC=C3C[C@@H](O)C[C@@H](O)C32C)C2CCC(C(C)C3CC(C)C(C)(C)O3)C21C. The van der Waals surface area contributed by atoms with Gasteiger partial charge in [-0.3, -0.25) is 9.59 Å². The van der Waals surface area contributed by atoms with Crippen LogP contribution in [0.5, 0.6) is 0 Å². The number of carbonyl (C=O) groups is 2. The van der Waals surface area contributed by atoms with E-state index in [0.29, 0.717) is 12.3 Å². The number of fused-ring (bicyclic) bond motifs is 5. The molecule has 0 aromatic rings. The van der Waals surface area contributed by atoms with Gasteiger partial charge < -0.3 is 19.7 Å². The molecule has 9 unspecified atom stereocenters. The Kier molecular flexibility index (Phi) is 6.33. The fraction of sp³-hybridized carbons (Fsp3) is 0.867. The van der Waals surface area contributed by atoms with Crippen molar-refractivity contribution in [2.75, 3.05) is 0 Å². The smallest absolute Gasteiger partial charge is 0.303 e.